The molecule has 1 aliphatic rings. The Balaban J connectivity index is 2.15. The lowest BCUT2D eigenvalue weighted by Crippen LogP contribution is -2.19. The molecule has 6 heteroatoms. The van der Waals surface area contributed by atoms with E-state index in [1.807, 2.05) is 0 Å². The molecule has 112 valence electrons. The van der Waals surface area contributed by atoms with E-state index in [9.17, 15) is 18.0 Å². The van der Waals surface area contributed by atoms with Gasteiger partial charge < -0.3 is 5.73 Å². The number of benzene rings is 2. The van der Waals surface area contributed by atoms with E-state index >= 15 is 0 Å². The number of hydrogen-bond donors (Lipinski definition) is 1. The summed E-state index contributed by atoms with van der Waals surface area (Å²) in [5.74, 6) is -0.288. The fourth-order valence-corrected chi connectivity index (χ4v) is 2.44. The Labute approximate surface area is 124 Å². The summed E-state index contributed by atoms with van der Waals surface area (Å²) in [6, 6.07) is 9.72. The zero-order valence-corrected chi connectivity index (χ0v) is 11.3. The first kappa shape index (κ1) is 14.3. The quantitative estimate of drug-likeness (QED) is 0.810. The van der Waals surface area contributed by atoms with Gasteiger partial charge in [-0.25, -0.2) is 0 Å². The van der Waals surface area contributed by atoms with Crippen LogP contribution in [0.5, 0.6) is 0 Å². The predicted octanol–water partition coefficient (Wildman–Crippen LogP) is 3.99. The number of aliphatic imine (C=N–C) groups is 1. The van der Waals surface area contributed by atoms with Crippen LogP contribution in [0, 0.1) is 0 Å². The van der Waals surface area contributed by atoms with E-state index in [4.69, 9.17) is 5.73 Å². The highest BCUT2D eigenvalue weighted by Gasteiger charge is 2.35. The topological polar surface area (TPSA) is 55.5 Å². The molecule has 1 aliphatic heterocycles. The second-order valence-electron chi connectivity index (χ2n) is 4.98. The van der Waals surface area contributed by atoms with Gasteiger partial charge in [0.1, 0.15) is 0 Å². The van der Waals surface area contributed by atoms with Crippen LogP contribution in [0.2, 0.25) is 0 Å². The van der Waals surface area contributed by atoms with Crippen LogP contribution >= 0.6 is 0 Å². The van der Waals surface area contributed by atoms with E-state index in [-0.39, 0.29) is 23.5 Å². The van der Waals surface area contributed by atoms with Gasteiger partial charge in [-0.05, 0) is 24.3 Å². The molecule has 0 aromatic heterocycles. The van der Waals surface area contributed by atoms with Gasteiger partial charge in [0.15, 0.2) is 5.78 Å². The molecule has 0 radical (unpaired) electrons. The molecule has 3 nitrogen and oxygen atoms in total. The molecule has 0 atom stereocenters. The Bertz CT molecular complexity index is 794. The zero-order chi connectivity index (χ0) is 15.9. The first-order valence-corrected chi connectivity index (χ1v) is 6.53. The average molecular weight is 304 g/mol. The van der Waals surface area contributed by atoms with Gasteiger partial charge in [-0.1, -0.05) is 18.2 Å². The van der Waals surface area contributed by atoms with E-state index in [1.165, 1.54) is 30.3 Å². The summed E-state index contributed by atoms with van der Waals surface area (Å²) in [7, 11) is 0. The van der Waals surface area contributed by atoms with E-state index < -0.39 is 11.7 Å². The predicted molar refractivity (Wildman–Crippen MR) is 77.4 cm³/mol. The molecule has 0 unspecified atom stereocenters. The van der Waals surface area contributed by atoms with E-state index in [2.05, 4.69) is 4.99 Å². The summed E-state index contributed by atoms with van der Waals surface area (Å²) in [6.45, 7) is 0. The van der Waals surface area contributed by atoms with E-state index in [1.54, 1.807) is 6.07 Å². The van der Waals surface area contributed by atoms with Crippen molar-refractivity contribution in [3.05, 3.63) is 59.2 Å². The molecule has 0 saturated heterocycles. The molecule has 0 spiro atoms. The smallest absolute Gasteiger partial charge is 0.399 e. The maximum Gasteiger partial charge on any atom is 0.417 e. The molecule has 1 heterocycles. The van der Waals surface area contributed by atoms with Crippen LogP contribution in [0.3, 0.4) is 0 Å². The lowest BCUT2D eigenvalue weighted by Gasteiger charge is -2.18. The van der Waals surface area contributed by atoms with Crippen LogP contribution in [-0.2, 0) is 6.18 Å². The maximum absolute atomic E-state index is 13.1. The van der Waals surface area contributed by atoms with Gasteiger partial charge in [0, 0.05) is 16.8 Å². The van der Waals surface area contributed by atoms with Crippen molar-refractivity contribution >= 4 is 22.9 Å². The normalized spacial score (nSPS) is 14.5. The lowest BCUT2D eigenvalue weighted by atomic mass is 9.93. The third-order valence-electron chi connectivity index (χ3n) is 3.45. The van der Waals surface area contributed by atoms with Crippen LogP contribution in [0.4, 0.5) is 24.5 Å². The number of fused-ring (bicyclic) bond motifs is 1. The number of rotatable bonds is 1. The van der Waals surface area contributed by atoms with E-state index in [0.29, 0.717) is 16.9 Å². The van der Waals surface area contributed by atoms with Crippen LogP contribution < -0.4 is 5.73 Å². The molecule has 3 rings (SSSR count). The molecule has 2 aromatic carbocycles. The number of ketones is 1. The summed E-state index contributed by atoms with van der Waals surface area (Å²) in [5, 5.41) is 0. The average Bonchev–Trinajstić information content (AvgIpc) is 2.47. The first-order valence-electron chi connectivity index (χ1n) is 6.53. The van der Waals surface area contributed by atoms with Gasteiger partial charge in [-0.15, -0.1) is 0 Å². The van der Waals surface area contributed by atoms with Crippen molar-refractivity contribution in [2.75, 3.05) is 5.73 Å². The van der Waals surface area contributed by atoms with Crippen molar-refractivity contribution < 1.29 is 18.0 Å². The largest absolute Gasteiger partial charge is 0.417 e. The van der Waals surface area contributed by atoms with Gasteiger partial charge in [0.2, 0.25) is 0 Å². The summed E-state index contributed by atoms with van der Waals surface area (Å²) in [6.07, 6.45) is -4.67. The molecule has 2 N–H and O–H groups in total. The minimum Gasteiger partial charge on any atom is -0.399 e. The van der Waals surface area contributed by atoms with Crippen molar-refractivity contribution in [3.8, 4) is 0 Å². The Hall–Kier alpha value is -2.63. The fourth-order valence-electron chi connectivity index (χ4n) is 2.44. The first-order chi connectivity index (χ1) is 10.4. The van der Waals surface area contributed by atoms with Crippen LogP contribution in [0.25, 0.3) is 0 Å². The minimum absolute atomic E-state index is 0.0641. The van der Waals surface area contributed by atoms with Crippen molar-refractivity contribution in [1.29, 1.82) is 0 Å². The van der Waals surface area contributed by atoms with Crippen molar-refractivity contribution in [3.63, 3.8) is 0 Å². The highest BCUT2D eigenvalue weighted by atomic mass is 19.4. The second-order valence-corrected chi connectivity index (χ2v) is 4.98. The van der Waals surface area contributed by atoms with Crippen molar-refractivity contribution in [2.24, 2.45) is 4.99 Å². The monoisotopic (exact) mass is 304 g/mol. The van der Waals surface area contributed by atoms with Gasteiger partial charge in [0.25, 0.3) is 0 Å². The van der Waals surface area contributed by atoms with Crippen molar-refractivity contribution in [1.82, 2.24) is 0 Å². The number of hydrogen-bond acceptors (Lipinski definition) is 3. The highest BCUT2D eigenvalue weighted by molar-refractivity contribution is 6.21. The van der Waals surface area contributed by atoms with Crippen LogP contribution in [0.15, 0.2) is 47.5 Å². The molecular weight excluding hydrogens is 293 g/mol. The maximum atomic E-state index is 13.1. The number of carbonyl (C=O) groups is 1. The summed E-state index contributed by atoms with van der Waals surface area (Å²) in [4.78, 5) is 16.4. The van der Waals surface area contributed by atoms with E-state index in [0.717, 1.165) is 6.07 Å². The summed E-state index contributed by atoms with van der Waals surface area (Å²) >= 11 is 0. The molecular formula is C16H11F3N2O. The van der Waals surface area contributed by atoms with Crippen LogP contribution in [0.1, 0.15) is 27.9 Å². The Morgan fingerprint density at radius 2 is 1.77 bits per heavy atom. The number of nitrogen functional groups attached to an aromatic ring is 1. The van der Waals surface area contributed by atoms with Crippen LogP contribution in [-0.4, -0.2) is 11.5 Å². The molecule has 0 fully saturated rings. The third kappa shape index (κ3) is 2.47. The molecule has 0 bridgehead atoms. The number of Topliss-reactive ketones (excluding diaryl/α,β-unsaturated/α-hetero) is 1. The van der Waals surface area contributed by atoms with Crippen molar-refractivity contribution in [2.45, 2.75) is 12.6 Å². The molecule has 0 saturated carbocycles. The Kier molecular flexibility index (Phi) is 3.24. The molecule has 2 aromatic rings. The Morgan fingerprint density at radius 1 is 1.05 bits per heavy atom. The number of nitrogens with two attached hydrogens (primary N) is 1. The number of nitrogens with zero attached hydrogens (tertiary/aromatic N) is 1. The summed E-state index contributed by atoms with van der Waals surface area (Å²) in [5.41, 5.74) is 5.99. The standard InChI is InChI=1S/C16H11F3N2O/c17-16(18,19)12-4-2-1-3-10(12)14-8-15(22)11-7-9(20)5-6-13(11)21-14/h1-7H,8,20H2. The second kappa shape index (κ2) is 4.98. The Morgan fingerprint density at radius 3 is 2.50 bits per heavy atom. The molecule has 0 aliphatic carbocycles. The summed E-state index contributed by atoms with van der Waals surface area (Å²) < 4.78 is 39.3. The zero-order valence-electron chi connectivity index (χ0n) is 11.3. The highest BCUT2D eigenvalue weighted by Crippen LogP contribution is 2.35. The third-order valence-corrected chi connectivity index (χ3v) is 3.45. The minimum atomic E-state index is -4.50. The number of alkyl halides is 3. The number of halogens is 3. The lowest BCUT2D eigenvalue weighted by molar-refractivity contribution is -0.137. The fraction of sp³-hybridized carbons (Fsp3) is 0.125. The van der Waals surface area contributed by atoms with Gasteiger partial charge in [0.05, 0.1) is 23.4 Å². The van der Waals surface area contributed by atoms with Gasteiger partial charge in [-0.2, -0.15) is 13.2 Å². The molecule has 22 heavy (non-hydrogen) atoms. The number of anilines is 1. The SMILES string of the molecule is Nc1ccc2c(c1)C(=O)CC(c1ccccc1C(F)(F)F)=N2. The molecule has 0 amide bonds. The van der Waals surface area contributed by atoms with Gasteiger partial charge >= 0.3 is 6.18 Å². The van der Waals surface area contributed by atoms with Gasteiger partial charge in [-0.3, -0.25) is 9.79 Å². The number of carbonyl (C=O) groups excluding carboxylic acids is 1.